The van der Waals surface area contributed by atoms with Crippen LogP contribution in [0.5, 0.6) is 0 Å². The van der Waals surface area contributed by atoms with E-state index in [4.69, 9.17) is 0 Å². The van der Waals surface area contributed by atoms with Crippen LogP contribution in [0.1, 0.15) is 0 Å². The SMILES string of the molecule is c1ccc(N2CSc3ncncc32)cc1. The highest BCUT2D eigenvalue weighted by Gasteiger charge is 2.21. The van der Waals surface area contributed by atoms with Crippen molar-refractivity contribution in [2.75, 3.05) is 10.8 Å². The highest BCUT2D eigenvalue weighted by atomic mass is 32.2. The summed E-state index contributed by atoms with van der Waals surface area (Å²) in [4.78, 5) is 10.5. The Morgan fingerprint density at radius 2 is 2.07 bits per heavy atom. The molecule has 0 atom stereocenters. The summed E-state index contributed by atoms with van der Waals surface area (Å²) in [5.41, 5.74) is 2.30. The Bertz CT molecular complexity index is 472. The van der Waals surface area contributed by atoms with Gasteiger partial charge in [0.15, 0.2) is 0 Å². The zero-order valence-electron chi connectivity index (χ0n) is 8.00. The summed E-state index contributed by atoms with van der Waals surface area (Å²) < 4.78 is 0. The van der Waals surface area contributed by atoms with Crippen LogP contribution in [0.25, 0.3) is 0 Å². The second-order valence-corrected chi connectivity index (χ2v) is 4.18. The van der Waals surface area contributed by atoms with E-state index in [1.807, 2.05) is 24.4 Å². The van der Waals surface area contributed by atoms with Gasteiger partial charge in [-0.25, -0.2) is 9.97 Å². The fourth-order valence-electron chi connectivity index (χ4n) is 1.62. The molecular weight excluding hydrogens is 206 g/mol. The predicted octanol–water partition coefficient (Wildman–Crippen LogP) is 2.68. The number of para-hydroxylation sites is 1. The lowest BCUT2D eigenvalue weighted by Gasteiger charge is -2.17. The first-order valence-electron chi connectivity index (χ1n) is 4.70. The summed E-state index contributed by atoms with van der Waals surface area (Å²) in [5.74, 6) is 0.915. The van der Waals surface area contributed by atoms with Gasteiger partial charge in [-0.15, -0.1) is 0 Å². The van der Waals surface area contributed by atoms with Gasteiger partial charge in [-0.1, -0.05) is 30.0 Å². The third-order valence-electron chi connectivity index (χ3n) is 2.35. The van der Waals surface area contributed by atoms with Gasteiger partial charge in [0.1, 0.15) is 11.4 Å². The third-order valence-corrected chi connectivity index (χ3v) is 3.32. The quantitative estimate of drug-likeness (QED) is 0.684. The average Bonchev–Trinajstić information content (AvgIpc) is 2.74. The molecule has 2 heterocycles. The van der Waals surface area contributed by atoms with Crippen molar-refractivity contribution in [2.24, 2.45) is 0 Å². The van der Waals surface area contributed by atoms with Gasteiger partial charge >= 0.3 is 0 Å². The smallest absolute Gasteiger partial charge is 0.125 e. The summed E-state index contributed by atoms with van der Waals surface area (Å²) in [6, 6.07) is 10.3. The van der Waals surface area contributed by atoms with E-state index in [0.717, 1.165) is 16.6 Å². The maximum atomic E-state index is 4.25. The minimum absolute atomic E-state index is 0.915. The first-order valence-corrected chi connectivity index (χ1v) is 5.69. The van der Waals surface area contributed by atoms with E-state index in [2.05, 4.69) is 27.0 Å². The number of hydrogen-bond acceptors (Lipinski definition) is 4. The van der Waals surface area contributed by atoms with Crippen molar-refractivity contribution < 1.29 is 0 Å². The Morgan fingerprint density at radius 3 is 2.93 bits per heavy atom. The zero-order valence-corrected chi connectivity index (χ0v) is 8.81. The molecule has 15 heavy (non-hydrogen) atoms. The molecule has 0 saturated heterocycles. The molecule has 1 aliphatic heterocycles. The van der Waals surface area contributed by atoms with Gasteiger partial charge in [-0.3, -0.25) is 0 Å². The molecule has 3 rings (SSSR count). The van der Waals surface area contributed by atoms with Gasteiger partial charge < -0.3 is 4.90 Å². The lowest BCUT2D eigenvalue weighted by molar-refractivity contribution is 1.03. The summed E-state index contributed by atoms with van der Waals surface area (Å²) in [7, 11) is 0. The first-order chi connectivity index (χ1) is 7.45. The summed E-state index contributed by atoms with van der Waals surface area (Å²) in [6.07, 6.45) is 3.47. The molecule has 0 bridgehead atoms. The molecule has 4 heteroatoms. The van der Waals surface area contributed by atoms with E-state index in [0.29, 0.717) is 0 Å². The van der Waals surface area contributed by atoms with Crippen molar-refractivity contribution >= 4 is 23.1 Å². The fraction of sp³-hybridized carbons (Fsp3) is 0.0909. The van der Waals surface area contributed by atoms with E-state index in [9.17, 15) is 0 Å². The molecule has 0 N–H and O–H groups in total. The Hall–Kier alpha value is -1.55. The summed E-state index contributed by atoms with van der Waals surface area (Å²) in [5, 5.41) is 1.06. The Labute approximate surface area is 92.2 Å². The third kappa shape index (κ3) is 1.47. The number of rotatable bonds is 1. The number of fused-ring (bicyclic) bond motifs is 1. The molecule has 74 valence electrons. The monoisotopic (exact) mass is 215 g/mol. The van der Waals surface area contributed by atoms with Crippen LogP contribution in [-0.2, 0) is 0 Å². The number of nitrogens with zero attached hydrogens (tertiary/aromatic N) is 3. The van der Waals surface area contributed by atoms with Crippen LogP contribution in [0.3, 0.4) is 0 Å². The van der Waals surface area contributed by atoms with Crippen molar-refractivity contribution in [3.63, 3.8) is 0 Å². The van der Waals surface area contributed by atoms with Crippen molar-refractivity contribution in [1.82, 2.24) is 9.97 Å². The molecule has 1 aromatic heterocycles. The topological polar surface area (TPSA) is 29.0 Å². The second kappa shape index (κ2) is 3.55. The summed E-state index contributed by atoms with van der Waals surface area (Å²) >= 11 is 1.75. The molecule has 0 unspecified atom stereocenters. The maximum Gasteiger partial charge on any atom is 0.125 e. The number of thioether (sulfide) groups is 1. The molecule has 1 aromatic carbocycles. The molecular formula is C11H9N3S. The van der Waals surface area contributed by atoms with Gasteiger partial charge in [0.05, 0.1) is 17.8 Å². The average molecular weight is 215 g/mol. The van der Waals surface area contributed by atoms with Crippen LogP contribution >= 0.6 is 11.8 Å². The normalized spacial score (nSPS) is 14.0. The van der Waals surface area contributed by atoms with Crippen molar-refractivity contribution in [3.8, 4) is 0 Å². The van der Waals surface area contributed by atoms with E-state index in [1.165, 1.54) is 5.69 Å². The number of aromatic nitrogens is 2. The van der Waals surface area contributed by atoms with Crippen LogP contribution in [0, 0.1) is 0 Å². The van der Waals surface area contributed by atoms with E-state index < -0.39 is 0 Å². The number of benzene rings is 1. The second-order valence-electron chi connectivity index (χ2n) is 3.25. The molecule has 0 aliphatic carbocycles. The minimum Gasteiger partial charge on any atom is -0.328 e. The number of anilines is 2. The lowest BCUT2D eigenvalue weighted by atomic mass is 10.3. The molecule has 2 aromatic rings. The van der Waals surface area contributed by atoms with Gasteiger partial charge in [0, 0.05) is 5.69 Å². The molecule has 3 nitrogen and oxygen atoms in total. The molecule has 1 aliphatic rings. The lowest BCUT2D eigenvalue weighted by Crippen LogP contribution is -2.11. The zero-order chi connectivity index (χ0) is 10.1. The Kier molecular flexibility index (Phi) is 2.07. The van der Waals surface area contributed by atoms with E-state index >= 15 is 0 Å². The van der Waals surface area contributed by atoms with Crippen LogP contribution < -0.4 is 4.90 Å². The summed E-state index contributed by atoms with van der Waals surface area (Å²) in [6.45, 7) is 0. The molecule has 0 spiro atoms. The van der Waals surface area contributed by atoms with Crippen LogP contribution in [0.4, 0.5) is 11.4 Å². The largest absolute Gasteiger partial charge is 0.328 e. The molecule has 0 fully saturated rings. The standard InChI is InChI=1S/C11H9N3S/c1-2-4-9(5-3-1)14-8-15-11-10(14)6-12-7-13-11/h1-7H,8H2. The highest BCUT2D eigenvalue weighted by Crippen LogP contribution is 2.40. The predicted molar refractivity (Wildman–Crippen MR) is 61.3 cm³/mol. The maximum absolute atomic E-state index is 4.25. The molecule has 0 amide bonds. The van der Waals surface area contributed by atoms with E-state index in [1.54, 1.807) is 18.1 Å². The van der Waals surface area contributed by atoms with Crippen LogP contribution in [0.2, 0.25) is 0 Å². The van der Waals surface area contributed by atoms with Gasteiger partial charge in [0.2, 0.25) is 0 Å². The first kappa shape index (κ1) is 8.73. The molecule has 0 saturated carbocycles. The minimum atomic E-state index is 0.915. The van der Waals surface area contributed by atoms with Crippen LogP contribution in [-0.4, -0.2) is 15.8 Å². The van der Waals surface area contributed by atoms with Gasteiger partial charge in [0.25, 0.3) is 0 Å². The van der Waals surface area contributed by atoms with Crippen molar-refractivity contribution in [3.05, 3.63) is 42.9 Å². The number of hydrogen-bond donors (Lipinski definition) is 0. The fourth-order valence-corrected chi connectivity index (χ4v) is 2.60. The molecule has 0 radical (unpaired) electrons. The van der Waals surface area contributed by atoms with Crippen LogP contribution in [0.15, 0.2) is 47.9 Å². The van der Waals surface area contributed by atoms with Crippen molar-refractivity contribution in [1.29, 1.82) is 0 Å². The van der Waals surface area contributed by atoms with Gasteiger partial charge in [-0.2, -0.15) is 0 Å². The Balaban J connectivity index is 2.05. The Morgan fingerprint density at radius 1 is 1.20 bits per heavy atom. The van der Waals surface area contributed by atoms with Crippen molar-refractivity contribution in [2.45, 2.75) is 5.03 Å². The highest BCUT2D eigenvalue weighted by molar-refractivity contribution is 7.99. The van der Waals surface area contributed by atoms with Gasteiger partial charge in [-0.05, 0) is 12.1 Å². The van der Waals surface area contributed by atoms with E-state index in [-0.39, 0.29) is 0 Å².